The van der Waals surface area contributed by atoms with Crippen LogP contribution in [-0.2, 0) is 6.54 Å². The first-order valence-electron chi connectivity index (χ1n) is 9.20. The Labute approximate surface area is 183 Å². The van der Waals surface area contributed by atoms with Gasteiger partial charge >= 0.3 is 0 Å². The van der Waals surface area contributed by atoms with Gasteiger partial charge in [0.15, 0.2) is 5.82 Å². The zero-order valence-electron chi connectivity index (χ0n) is 15.8. The lowest BCUT2D eigenvalue weighted by Gasteiger charge is -2.11. The van der Waals surface area contributed by atoms with Crippen LogP contribution in [0.5, 0.6) is 11.5 Å². The monoisotopic (exact) mass is 437 g/mol. The van der Waals surface area contributed by atoms with Crippen LogP contribution in [0.25, 0.3) is 0 Å². The molecule has 7 heteroatoms. The van der Waals surface area contributed by atoms with Gasteiger partial charge in [-0.2, -0.15) is 5.10 Å². The number of amides is 1. The molecule has 1 aromatic heterocycles. The van der Waals surface area contributed by atoms with Crippen molar-refractivity contribution in [1.82, 2.24) is 9.78 Å². The highest BCUT2D eigenvalue weighted by molar-refractivity contribution is 6.40. The predicted octanol–water partition coefficient (Wildman–Crippen LogP) is 6.28. The molecule has 0 aliphatic rings. The number of hydrogen-bond acceptors (Lipinski definition) is 3. The van der Waals surface area contributed by atoms with Crippen molar-refractivity contribution in [3.63, 3.8) is 0 Å². The normalized spacial score (nSPS) is 10.6. The Morgan fingerprint density at radius 2 is 1.60 bits per heavy atom. The maximum atomic E-state index is 12.5. The van der Waals surface area contributed by atoms with Crippen LogP contribution in [0.2, 0.25) is 10.0 Å². The summed E-state index contributed by atoms with van der Waals surface area (Å²) < 4.78 is 7.72. The molecule has 0 radical (unpaired) electrons. The van der Waals surface area contributed by atoms with E-state index in [4.69, 9.17) is 27.9 Å². The molecule has 0 aliphatic heterocycles. The summed E-state index contributed by atoms with van der Waals surface area (Å²) in [6.45, 7) is 0.478. The Kier molecular flexibility index (Phi) is 6.02. The zero-order chi connectivity index (χ0) is 20.9. The van der Waals surface area contributed by atoms with E-state index in [9.17, 15) is 4.79 Å². The van der Waals surface area contributed by atoms with E-state index in [1.807, 2.05) is 54.6 Å². The number of rotatable bonds is 6. The third-order valence-electron chi connectivity index (χ3n) is 4.35. The van der Waals surface area contributed by atoms with E-state index >= 15 is 0 Å². The van der Waals surface area contributed by atoms with E-state index in [1.165, 1.54) is 0 Å². The zero-order valence-corrected chi connectivity index (χ0v) is 17.3. The standard InChI is InChI=1S/C23H17Cl2N3O2/c24-18-10-6-11-19(25)22(18)23(29)26-21-13-14-28(27-21)15-16-7-4-5-12-20(16)30-17-8-2-1-3-9-17/h1-14H,15H2,(H,26,27,29). The minimum absolute atomic E-state index is 0.219. The lowest BCUT2D eigenvalue weighted by atomic mass is 10.2. The third kappa shape index (κ3) is 4.64. The first kappa shape index (κ1) is 20.0. The number of nitrogens with zero attached hydrogens (tertiary/aromatic N) is 2. The number of benzene rings is 3. The SMILES string of the molecule is O=C(Nc1ccn(Cc2ccccc2Oc2ccccc2)n1)c1c(Cl)cccc1Cl. The summed E-state index contributed by atoms with van der Waals surface area (Å²) in [4.78, 5) is 12.5. The summed E-state index contributed by atoms with van der Waals surface area (Å²) in [6.07, 6.45) is 1.78. The Morgan fingerprint density at radius 3 is 2.37 bits per heavy atom. The van der Waals surface area contributed by atoms with E-state index in [0.29, 0.717) is 12.4 Å². The van der Waals surface area contributed by atoms with Crippen molar-refractivity contribution in [3.8, 4) is 11.5 Å². The van der Waals surface area contributed by atoms with Gasteiger partial charge in [-0.1, -0.05) is 65.7 Å². The molecular weight excluding hydrogens is 421 g/mol. The van der Waals surface area contributed by atoms with Gasteiger partial charge in [0.2, 0.25) is 0 Å². The van der Waals surface area contributed by atoms with Crippen LogP contribution in [-0.4, -0.2) is 15.7 Å². The van der Waals surface area contributed by atoms with Crippen LogP contribution in [0.15, 0.2) is 85.1 Å². The second-order valence-electron chi connectivity index (χ2n) is 6.47. The Hall–Kier alpha value is -3.28. The van der Waals surface area contributed by atoms with Crippen LogP contribution in [0.1, 0.15) is 15.9 Å². The molecule has 0 fully saturated rings. The van der Waals surface area contributed by atoms with Crippen molar-refractivity contribution >= 4 is 34.9 Å². The van der Waals surface area contributed by atoms with Gasteiger partial charge in [0.1, 0.15) is 11.5 Å². The van der Waals surface area contributed by atoms with Crippen molar-refractivity contribution < 1.29 is 9.53 Å². The lowest BCUT2D eigenvalue weighted by molar-refractivity contribution is 0.102. The molecule has 0 saturated carbocycles. The summed E-state index contributed by atoms with van der Waals surface area (Å²) in [6, 6.07) is 24.0. The molecule has 5 nitrogen and oxygen atoms in total. The van der Waals surface area contributed by atoms with Crippen molar-refractivity contribution in [2.45, 2.75) is 6.54 Å². The molecule has 1 amide bonds. The van der Waals surface area contributed by atoms with Crippen LogP contribution in [0, 0.1) is 0 Å². The summed E-state index contributed by atoms with van der Waals surface area (Å²) in [5.41, 5.74) is 1.17. The van der Waals surface area contributed by atoms with Gasteiger partial charge < -0.3 is 10.1 Å². The number of halogens is 2. The summed E-state index contributed by atoms with van der Waals surface area (Å²) >= 11 is 12.2. The molecule has 30 heavy (non-hydrogen) atoms. The quantitative estimate of drug-likeness (QED) is 0.385. The van der Waals surface area contributed by atoms with E-state index in [1.54, 1.807) is 35.1 Å². The number of aromatic nitrogens is 2. The highest BCUT2D eigenvalue weighted by Gasteiger charge is 2.16. The minimum Gasteiger partial charge on any atom is -0.457 e. The summed E-state index contributed by atoms with van der Waals surface area (Å²) in [5.74, 6) is 1.49. The van der Waals surface area contributed by atoms with Gasteiger partial charge in [-0.15, -0.1) is 0 Å². The molecule has 150 valence electrons. The number of carbonyl (C=O) groups is 1. The maximum absolute atomic E-state index is 12.5. The van der Waals surface area contributed by atoms with Gasteiger partial charge in [0.05, 0.1) is 22.2 Å². The first-order valence-corrected chi connectivity index (χ1v) is 9.95. The predicted molar refractivity (Wildman–Crippen MR) is 119 cm³/mol. The highest BCUT2D eigenvalue weighted by atomic mass is 35.5. The molecule has 4 rings (SSSR count). The Balaban J connectivity index is 1.49. The molecule has 1 heterocycles. The average Bonchev–Trinajstić information content (AvgIpc) is 3.17. The average molecular weight is 438 g/mol. The number of ether oxygens (including phenoxy) is 1. The highest BCUT2D eigenvalue weighted by Crippen LogP contribution is 2.27. The van der Waals surface area contributed by atoms with Crippen LogP contribution >= 0.6 is 23.2 Å². The second kappa shape index (κ2) is 9.03. The number of hydrogen-bond donors (Lipinski definition) is 1. The molecule has 3 aromatic carbocycles. The van der Waals surface area contributed by atoms with Gasteiger partial charge in [0, 0.05) is 17.8 Å². The number of carbonyl (C=O) groups excluding carboxylic acids is 1. The molecular formula is C23H17Cl2N3O2. The van der Waals surface area contributed by atoms with Gasteiger partial charge in [0.25, 0.3) is 5.91 Å². The van der Waals surface area contributed by atoms with E-state index in [2.05, 4.69) is 10.4 Å². The van der Waals surface area contributed by atoms with Crippen LogP contribution < -0.4 is 10.1 Å². The fourth-order valence-electron chi connectivity index (χ4n) is 2.93. The van der Waals surface area contributed by atoms with E-state index < -0.39 is 5.91 Å². The van der Waals surface area contributed by atoms with Crippen molar-refractivity contribution in [2.24, 2.45) is 0 Å². The fraction of sp³-hybridized carbons (Fsp3) is 0.0435. The van der Waals surface area contributed by atoms with Gasteiger partial charge in [-0.25, -0.2) is 0 Å². The second-order valence-corrected chi connectivity index (χ2v) is 7.29. The van der Waals surface area contributed by atoms with Crippen molar-refractivity contribution in [2.75, 3.05) is 5.32 Å². The lowest BCUT2D eigenvalue weighted by Crippen LogP contribution is -2.14. The Morgan fingerprint density at radius 1 is 0.900 bits per heavy atom. The number of para-hydroxylation sites is 2. The molecule has 0 saturated heterocycles. The smallest absolute Gasteiger partial charge is 0.259 e. The minimum atomic E-state index is -0.413. The fourth-order valence-corrected chi connectivity index (χ4v) is 3.50. The third-order valence-corrected chi connectivity index (χ3v) is 4.98. The van der Waals surface area contributed by atoms with Crippen LogP contribution in [0.4, 0.5) is 5.82 Å². The molecule has 0 bridgehead atoms. The first-order chi connectivity index (χ1) is 14.6. The summed E-state index contributed by atoms with van der Waals surface area (Å²) in [7, 11) is 0. The number of anilines is 1. The van der Waals surface area contributed by atoms with Gasteiger partial charge in [-0.3, -0.25) is 9.48 Å². The number of nitrogens with one attached hydrogen (secondary N) is 1. The largest absolute Gasteiger partial charge is 0.457 e. The molecule has 0 aliphatic carbocycles. The molecule has 0 atom stereocenters. The van der Waals surface area contributed by atoms with Crippen molar-refractivity contribution in [1.29, 1.82) is 0 Å². The molecule has 0 spiro atoms. The molecule has 1 N–H and O–H groups in total. The van der Waals surface area contributed by atoms with Crippen molar-refractivity contribution in [3.05, 3.63) is 106 Å². The van der Waals surface area contributed by atoms with Gasteiger partial charge in [-0.05, 0) is 30.3 Å². The topological polar surface area (TPSA) is 56.2 Å². The Bertz CT molecular complexity index is 1160. The molecule has 4 aromatic rings. The molecule has 0 unspecified atom stereocenters. The van der Waals surface area contributed by atoms with Crippen LogP contribution in [0.3, 0.4) is 0 Å². The van der Waals surface area contributed by atoms with E-state index in [0.717, 1.165) is 17.1 Å². The van der Waals surface area contributed by atoms with E-state index in [-0.39, 0.29) is 15.6 Å². The maximum Gasteiger partial charge on any atom is 0.259 e. The summed E-state index contributed by atoms with van der Waals surface area (Å²) in [5, 5.41) is 7.72.